The molecule has 2 amide bonds. The summed E-state index contributed by atoms with van der Waals surface area (Å²) in [5.74, 6) is 3.08. The second-order valence-electron chi connectivity index (χ2n) is 11.3. The predicted molar refractivity (Wildman–Crippen MR) is 123 cm³/mol. The SMILES string of the molecule is CC(N1CC(C(=O)NCc2cc(Cl)cc3c2OCOC3)CC1=O)C12CC3CC(CC(C3)C1)C2. The quantitative estimate of drug-likeness (QED) is 0.694. The minimum absolute atomic E-state index is 0.0654. The van der Waals surface area contributed by atoms with Crippen LogP contribution in [0.2, 0.25) is 5.02 Å². The Morgan fingerprint density at radius 1 is 1.21 bits per heavy atom. The molecule has 1 aromatic carbocycles. The fourth-order valence-corrected chi connectivity index (χ4v) is 8.28. The van der Waals surface area contributed by atoms with Gasteiger partial charge in [-0.15, -0.1) is 0 Å². The highest BCUT2D eigenvalue weighted by Crippen LogP contribution is 2.62. The molecule has 6 aliphatic rings. The number of halogens is 1. The van der Waals surface area contributed by atoms with E-state index in [0.29, 0.717) is 31.1 Å². The first kappa shape index (κ1) is 21.7. The number of carbonyl (C=O) groups is 2. The number of nitrogens with zero attached hydrogens (tertiary/aromatic N) is 1. The average molecular weight is 473 g/mol. The summed E-state index contributed by atoms with van der Waals surface area (Å²) in [6, 6.07) is 3.89. The topological polar surface area (TPSA) is 67.9 Å². The maximum atomic E-state index is 13.0. The van der Waals surface area contributed by atoms with Crippen molar-refractivity contribution in [2.45, 2.75) is 71.1 Å². The van der Waals surface area contributed by atoms with Crippen molar-refractivity contribution in [2.75, 3.05) is 13.3 Å². The van der Waals surface area contributed by atoms with Crippen molar-refractivity contribution in [3.63, 3.8) is 0 Å². The van der Waals surface area contributed by atoms with Crippen LogP contribution in [0.5, 0.6) is 5.75 Å². The van der Waals surface area contributed by atoms with Crippen molar-refractivity contribution < 1.29 is 19.1 Å². The van der Waals surface area contributed by atoms with Crippen LogP contribution in [0.1, 0.15) is 63.0 Å². The zero-order chi connectivity index (χ0) is 22.7. The van der Waals surface area contributed by atoms with Crippen LogP contribution in [-0.2, 0) is 27.5 Å². The fraction of sp³-hybridized carbons (Fsp3) is 0.692. The van der Waals surface area contributed by atoms with Crippen LogP contribution in [0.4, 0.5) is 0 Å². The Morgan fingerprint density at radius 2 is 1.91 bits per heavy atom. The molecule has 33 heavy (non-hydrogen) atoms. The number of fused-ring (bicyclic) bond motifs is 1. The highest BCUT2D eigenvalue weighted by molar-refractivity contribution is 6.30. The Kier molecular flexibility index (Phi) is 5.37. The van der Waals surface area contributed by atoms with E-state index in [0.717, 1.165) is 34.6 Å². The predicted octanol–water partition coefficient (Wildman–Crippen LogP) is 4.28. The molecule has 178 valence electrons. The van der Waals surface area contributed by atoms with E-state index >= 15 is 0 Å². The molecule has 7 rings (SSSR count). The average Bonchev–Trinajstić information content (AvgIpc) is 3.17. The molecule has 2 unspecified atom stereocenters. The number of amides is 2. The molecule has 2 heterocycles. The first-order valence-corrected chi connectivity index (χ1v) is 12.9. The van der Waals surface area contributed by atoms with Gasteiger partial charge in [0.05, 0.1) is 12.5 Å². The van der Waals surface area contributed by atoms with Gasteiger partial charge in [-0.2, -0.15) is 0 Å². The maximum absolute atomic E-state index is 13.0. The number of carbonyl (C=O) groups excluding carboxylic acids is 2. The van der Waals surface area contributed by atoms with E-state index in [4.69, 9.17) is 21.1 Å². The Morgan fingerprint density at radius 3 is 2.61 bits per heavy atom. The first-order chi connectivity index (χ1) is 15.9. The van der Waals surface area contributed by atoms with E-state index < -0.39 is 0 Å². The number of hydrogen-bond acceptors (Lipinski definition) is 4. The molecule has 4 aliphatic carbocycles. The summed E-state index contributed by atoms with van der Waals surface area (Å²) in [5.41, 5.74) is 2.01. The lowest BCUT2D eigenvalue weighted by Crippen LogP contribution is -2.56. The molecule has 6 nitrogen and oxygen atoms in total. The highest BCUT2D eigenvalue weighted by atomic mass is 35.5. The maximum Gasteiger partial charge on any atom is 0.225 e. The summed E-state index contributed by atoms with van der Waals surface area (Å²) in [6.07, 6.45) is 8.30. The third-order valence-corrected chi connectivity index (χ3v) is 9.39. The van der Waals surface area contributed by atoms with Crippen LogP contribution >= 0.6 is 11.6 Å². The molecule has 7 heteroatoms. The summed E-state index contributed by atoms with van der Waals surface area (Å²) in [4.78, 5) is 28.1. The smallest absolute Gasteiger partial charge is 0.225 e. The summed E-state index contributed by atoms with van der Waals surface area (Å²) in [6.45, 7) is 3.76. The largest absolute Gasteiger partial charge is 0.467 e. The third kappa shape index (κ3) is 3.83. The molecule has 1 N–H and O–H groups in total. The number of ether oxygens (including phenoxy) is 2. The van der Waals surface area contributed by atoms with Gasteiger partial charge in [-0.3, -0.25) is 9.59 Å². The van der Waals surface area contributed by atoms with Crippen LogP contribution in [0, 0.1) is 29.1 Å². The lowest BCUT2D eigenvalue weighted by atomic mass is 9.47. The minimum Gasteiger partial charge on any atom is -0.467 e. The molecule has 1 saturated heterocycles. The summed E-state index contributed by atoms with van der Waals surface area (Å²) in [5, 5.41) is 3.63. The Balaban J connectivity index is 1.11. The second kappa shape index (κ2) is 8.16. The van der Waals surface area contributed by atoms with E-state index in [1.165, 1.54) is 38.5 Å². The fourth-order valence-electron chi connectivity index (χ4n) is 8.02. The van der Waals surface area contributed by atoms with Gasteiger partial charge in [0, 0.05) is 41.7 Å². The standard InChI is InChI=1S/C26H33ClN2O4/c1-15(26-8-16-2-17(9-26)4-18(3-16)10-26)29-12-20(7-23(29)30)25(31)28-11-19-5-22(27)6-21-13-32-14-33-24(19)21/h5-6,15-18,20H,2-4,7-14H2,1H3,(H,28,31). The normalized spacial score (nSPS) is 35.3. The zero-order valence-corrected chi connectivity index (χ0v) is 20.0. The highest BCUT2D eigenvalue weighted by Gasteiger charge is 2.55. The van der Waals surface area contributed by atoms with Crippen molar-refractivity contribution in [1.82, 2.24) is 10.2 Å². The molecule has 5 fully saturated rings. The van der Waals surface area contributed by atoms with Crippen molar-refractivity contribution in [3.8, 4) is 5.75 Å². The van der Waals surface area contributed by atoms with Gasteiger partial charge in [-0.1, -0.05) is 11.6 Å². The van der Waals surface area contributed by atoms with Crippen LogP contribution in [-0.4, -0.2) is 36.1 Å². The van der Waals surface area contributed by atoms with Gasteiger partial charge in [0.1, 0.15) is 5.75 Å². The summed E-state index contributed by atoms with van der Waals surface area (Å²) < 4.78 is 11.0. The second-order valence-corrected chi connectivity index (χ2v) is 11.7. The zero-order valence-electron chi connectivity index (χ0n) is 19.3. The summed E-state index contributed by atoms with van der Waals surface area (Å²) in [7, 11) is 0. The van der Waals surface area contributed by atoms with Gasteiger partial charge >= 0.3 is 0 Å². The van der Waals surface area contributed by atoms with E-state index in [9.17, 15) is 9.59 Å². The van der Waals surface area contributed by atoms with Crippen molar-refractivity contribution in [2.24, 2.45) is 29.1 Å². The van der Waals surface area contributed by atoms with Gasteiger partial charge in [0.25, 0.3) is 0 Å². The van der Waals surface area contributed by atoms with Crippen molar-refractivity contribution >= 4 is 23.4 Å². The number of likely N-dealkylation sites (tertiary alicyclic amines) is 1. The Bertz CT molecular complexity index is 944. The number of benzene rings is 1. The van der Waals surface area contributed by atoms with Crippen molar-refractivity contribution in [3.05, 3.63) is 28.3 Å². The van der Waals surface area contributed by atoms with E-state index in [1.807, 2.05) is 17.0 Å². The number of rotatable bonds is 5. The monoisotopic (exact) mass is 472 g/mol. The third-order valence-electron chi connectivity index (χ3n) is 9.17. The van der Waals surface area contributed by atoms with Gasteiger partial charge < -0.3 is 19.7 Å². The van der Waals surface area contributed by atoms with Crippen LogP contribution in [0.25, 0.3) is 0 Å². The summed E-state index contributed by atoms with van der Waals surface area (Å²) >= 11 is 6.25. The van der Waals surface area contributed by atoms with Crippen LogP contribution in [0.3, 0.4) is 0 Å². The van der Waals surface area contributed by atoms with Crippen molar-refractivity contribution in [1.29, 1.82) is 0 Å². The van der Waals surface area contributed by atoms with E-state index in [2.05, 4.69) is 12.2 Å². The molecule has 4 bridgehead atoms. The minimum atomic E-state index is -0.298. The Hall–Kier alpha value is -1.79. The number of nitrogens with one attached hydrogen (secondary N) is 1. The molecular weight excluding hydrogens is 440 g/mol. The molecule has 4 saturated carbocycles. The molecule has 0 radical (unpaired) electrons. The molecule has 0 aromatic heterocycles. The first-order valence-electron chi connectivity index (χ1n) is 12.5. The van der Waals surface area contributed by atoms with Gasteiger partial charge in [-0.25, -0.2) is 0 Å². The number of hydrogen-bond donors (Lipinski definition) is 1. The van der Waals surface area contributed by atoms with Crippen LogP contribution < -0.4 is 10.1 Å². The molecule has 0 spiro atoms. The molecule has 2 atom stereocenters. The van der Waals surface area contributed by atoms with Gasteiger partial charge in [-0.05, 0) is 80.8 Å². The van der Waals surface area contributed by atoms with Crippen LogP contribution in [0.15, 0.2) is 12.1 Å². The van der Waals surface area contributed by atoms with Gasteiger partial charge in [0.15, 0.2) is 6.79 Å². The van der Waals surface area contributed by atoms with E-state index in [1.54, 1.807) is 0 Å². The molecule has 1 aromatic rings. The lowest BCUT2D eigenvalue weighted by Gasteiger charge is -2.60. The van der Waals surface area contributed by atoms with Gasteiger partial charge in [0.2, 0.25) is 11.8 Å². The Labute approximate surface area is 200 Å². The molecule has 2 aliphatic heterocycles. The molecular formula is C26H33ClN2O4. The van der Waals surface area contributed by atoms with E-state index in [-0.39, 0.29) is 36.0 Å². The lowest BCUT2D eigenvalue weighted by molar-refractivity contribution is -0.140.